The Hall–Kier alpha value is -3.28. The zero-order valence-electron chi connectivity index (χ0n) is 19.1. The average Bonchev–Trinajstić information content (AvgIpc) is 3.21. The van der Waals surface area contributed by atoms with Gasteiger partial charge in [0.05, 0.1) is 13.2 Å². The van der Waals surface area contributed by atoms with Gasteiger partial charge in [-0.15, -0.1) is 0 Å². The van der Waals surface area contributed by atoms with Crippen LogP contribution in [0, 0.1) is 0 Å². The number of rotatable bonds is 6. The van der Waals surface area contributed by atoms with E-state index in [9.17, 15) is 4.79 Å². The number of hydrogen-bond donors (Lipinski definition) is 0. The number of nitrogens with zero attached hydrogens (tertiary/aromatic N) is 2. The van der Waals surface area contributed by atoms with Gasteiger partial charge >= 0.3 is 0 Å². The van der Waals surface area contributed by atoms with E-state index in [2.05, 4.69) is 29.0 Å². The lowest BCUT2D eigenvalue weighted by atomic mass is 9.87. The Morgan fingerprint density at radius 2 is 1.76 bits per heavy atom. The van der Waals surface area contributed by atoms with Gasteiger partial charge in [0, 0.05) is 54.6 Å². The van der Waals surface area contributed by atoms with E-state index in [1.807, 2.05) is 54.4 Å². The summed E-state index contributed by atoms with van der Waals surface area (Å²) in [7, 11) is 2.05. The summed E-state index contributed by atoms with van der Waals surface area (Å²) in [4.78, 5) is 15.2. The lowest BCUT2D eigenvalue weighted by Crippen LogP contribution is -2.41. The second-order valence-corrected chi connectivity index (χ2v) is 9.03. The van der Waals surface area contributed by atoms with Crippen molar-refractivity contribution in [3.8, 4) is 11.5 Å². The molecule has 5 nitrogen and oxygen atoms in total. The predicted molar refractivity (Wildman–Crippen MR) is 135 cm³/mol. The standard InChI is InChI=1S/C28H27ClN2O3/c1-30-19-26(24-7-2-3-8-27(24)30)25(18-28(32)31-13-15-33-16-14-31)20-5-4-6-23(17-20)34-22-11-9-21(29)10-12-22/h2-12,17,19,25H,13-16,18H2,1H3/t25-/m1/s1. The largest absolute Gasteiger partial charge is 0.457 e. The smallest absolute Gasteiger partial charge is 0.223 e. The number of morpholine rings is 1. The molecule has 1 amide bonds. The number of para-hydroxylation sites is 1. The maximum absolute atomic E-state index is 13.3. The van der Waals surface area contributed by atoms with Gasteiger partial charge in [0.2, 0.25) is 5.91 Å². The Balaban J connectivity index is 1.51. The van der Waals surface area contributed by atoms with Crippen LogP contribution in [0.5, 0.6) is 11.5 Å². The minimum absolute atomic E-state index is 0.102. The number of carbonyl (C=O) groups is 1. The van der Waals surface area contributed by atoms with Gasteiger partial charge in [-0.25, -0.2) is 0 Å². The van der Waals surface area contributed by atoms with Gasteiger partial charge in [-0.3, -0.25) is 4.79 Å². The molecule has 0 unspecified atom stereocenters. The number of hydrogen-bond acceptors (Lipinski definition) is 3. The molecule has 1 aliphatic heterocycles. The van der Waals surface area contributed by atoms with Crippen LogP contribution in [0.2, 0.25) is 5.02 Å². The van der Waals surface area contributed by atoms with Crippen LogP contribution in [0.1, 0.15) is 23.5 Å². The normalized spacial score (nSPS) is 14.8. The van der Waals surface area contributed by atoms with Gasteiger partial charge in [0.25, 0.3) is 0 Å². The summed E-state index contributed by atoms with van der Waals surface area (Å²) >= 11 is 6.01. The summed E-state index contributed by atoms with van der Waals surface area (Å²) in [5.74, 6) is 1.48. The molecule has 1 aliphatic rings. The van der Waals surface area contributed by atoms with Crippen LogP contribution < -0.4 is 4.74 Å². The van der Waals surface area contributed by atoms with E-state index < -0.39 is 0 Å². The van der Waals surface area contributed by atoms with Gasteiger partial charge in [-0.2, -0.15) is 0 Å². The Labute approximate surface area is 204 Å². The van der Waals surface area contributed by atoms with E-state index in [4.69, 9.17) is 21.1 Å². The van der Waals surface area contributed by atoms with Gasteiger partial charge in [-0.1, -0.05) is 41.9 Å². The Morgan fingerprint density at radius 1 is 1.00 bits per heavy atom. The zero-order chi connectivity index (χ0) is 23.5. The number of amides is 1. The monoisotopic (exact) mass is 474 g/mol. The van der Waals surface area contributed by atoms with Crippen molar-refractivity contribution >= 4 is 28.4 Å². The van der Waals surface area contributed by atoms with Crippen molar-refractivity contribution in [1.82, 2.24) is 9.47 Å². The number of ether oxygens (including phenoxy) is 2. The van der Waals surface area contributed by atoms with Crippen LogP contribution in [0.15, 0.2) is 79.0 Å². The number of benzene rings is 3. The van der Waals surface area contributed by atoms with Crippen molar-refractivity contribution in [2.24, 2.45) is 7.05 Å². The topological polar surface area (TPSA) is 43.7 Å². The average molecular weight is 475 g/mol. The van der Waals surface area contributed by atoms with Crippen LogP contribution in [-0.4, -0.2) is 41.7 Å². The molecular weight excluding hydrogens is 448 g/mol. The molecule has 0 bridgehead atoms. The van der Waals surface area contributed by atoms with Gasteiger partial charge in [0.1, 0.15) is 11.5 Å². The summed E-state index contributed by atoms with van der Waals surface area (Å²) in [5.41, 5.74) is 3.34. The molecule has 174 valence electrons. The van der Waals surface area contributed by atoms with Crippen molar-refractivity contribution in [2.75, 3.05) is 26.3 Å². The highest BCUT2D eigenvalue weighted by Gasteiger charge is 2.26. The fourth-order valence-corrected chi connectivity index (χ4v) is 4.73. The van der Waals surface area contributed by atoms with Crippen LogP contribution in [-0.2, 0) is 16.6 Å². The number of fused-ring (bicyclic) bond motifs is 1. The second-order valence-electron chi connectivity index (χ2n) is 8.59. The molecule has 3 aromatic carbocycles. The minimum atomic E-state index is -0.102. The highest BCUT2D eigenvalue weighted by molar-refractivity contribution is 6.30. The molecule has 34 heavy (non-hydrogen) atoms. The summed E-state index contributed by atoms with van der Waals surface area (Å²) in [6, 6.07) is 23.7. The lowest BCUT2D eigenvalue weighted by Gasteiger charge is -2.29. The lowest BCUT2D eigenvalue weighted by molar-refractivity contribution is -0.135. The number of aryl methyl sites for hydroxylation is 1. The fraction of sp³-hybridized carbons (Fsp3) is 0.250. The molecule has 0 radical (unpaired) electrons. The Morgan fingerprint density at radius 3 is 2.56 bits per heavy atom. The molecule has 1 aromatic heterocycles. The first-order valence-electron chi connectivity index (χ1n) is 11.5. The molecule has 1 saturated heterocycles. The molecule has 0 spiro atoms. The van der Waals surface area contributed by atoms with Crippen molar-refractivity contribution in [1.29, 1.82) is 0 Å². The van der Waals surface area contributed by atoms with Gasteiger partial charge in [0.15, 0.2) is 0 Å². The molecular formula is C28H27ClN2O3. The first-order valence-corrected chi connectivity index (χ1v) is 11.9. The maximum Gasteiger partial charge on any atom is 0.223 e. The Bertz CT molecular complexity index is 1290. The van der Waals surface area contributed by atoms with E-state index in [1.54, 1.807) is 12.1 Å². The minimum Gasteiger partial charge on any atom is -0.457 e. The summed E-state index contributed by atoms with van der Waals surface area (Å²) in [6.45, 7) is 2.46. The molecule has 1 atom stereocenters. The second kappa shape index (κ2) is 9.92. The van der Waals surface area contributed by atoms with Crippen molar-refractivity contribution in [2.45, 2.75) is 12.3 Å². The van der Waals surface area contributed by atoms with E-state index in [1.165, 1.54) is 0 Å². The van der Waals surface area contributed by atoms with Crippen LogP contribution in [0.3, 0.4) is 0 Å². The summed E-state index contributed by atoms with van der Waals surface area (Å²) in [5, 5.41) is 1.83. The third-order valence-electron chi connectivity index (χ3n) is 6.36. The zero-order valence-corrected chi connectivity index (χ0v) is 19.9. The quantitative estimate of drug-likeness (QED) is 0.344. The van der Waals surface area contributed by atoms with Crippen LogP contribution in [0.4, 0.5) is 0 Å². The van der Waals surface area contributed by atoms with Crippen LogP contribution >= 0.6 is 11.6 Å². The molecule has 0 N–H and O–H groups in total. The van der Waals surface area contributed by atoms with E-state index in [0.29, 0.717) is 43.5 Å². The number of halogens is 1. The third kappa shape index (κ3) is 4.81. The summed E-state index contributed by atoms with van der Waals surface area (Å²) < 4.78 is 13.7. The van der Waals surface area contributed by atoms with Crippen molar-refractivity contribution in [3.63, 3.8) is 0 Å². The SMILES string of the molecule is Cn1cc([C@H](CC(=O)N2CCOCC2)c2cccc(Oc3ccc(Cl)cc3)c2)c2ccccc21. The predicted octanol–water partition coefficient (Wildman–Crippen LogP) is 6.00. The molecule has 6 heteroatoms. The summed E-state index contributed by atoms with van der Waals surface area (Å²) in [6.07, 6.45) is 2.53. The van der Waals surface area contributed by atoms with Crippen LogP contribution in [0.25, 0.3) is 10.9 Å². The van der Waals surface area contributed by atoms with Crippen molar-refractivity contribution < 1.29 is 14.3 Å². The molecule has 2 heterocycles. The van der Waals surface area contributed by atoms with Gasteiger partial charge in [-0.05, 0) is 53.6 Å². The first-order chi connectivity index (χ1) is 16.6. The Kier molecular flexibility index (Phi) is 6.57. The molecule has 1 fully saturated rings. The molecule has 0 saturated carbocycles. The highest BCUT2D eigenvalue weighted by atomic mass is 35.5. The molecule has 0 aliphatic carbocycles. The van der Waals surface area contributed by atoms with Crippen molar-refractivity contribution in [3.05, 3.63) is 95.1 Å². The van der Waals surface area contributed by atoms with E-state index in [-0.39, 0.29) is 11.8 Å². The van der Waals surface area contributed by atoms with E-state index in [0.717, 1.165) is 27.8 Å². The highest BCUT2D eigenvalue weighted by Crippen LogP contribution is 2.37. The molecule has 5 rings (SSSR count). The third-order valence-corrected chi connectivity index (χ3v) is 6.61. The molecule has 4 aromatic rings. The maximum atomic E-state index is 13.3. The fourth-order valence-electron chi connectivity index (χ4n) is 4.61. The number of aromatic nitrogens is 1. The first kappa shape index (κ1) is 22.5. The number of carbonyl (C=O) groups excluding carboxylic acids is 1. The van der Waals surface area contributed by atoms with Gasteiger partial charge < -0.3 is 18.9 Å². The van der Waals surface area contributed by atoms with E-state index >= 15 is 0 Å².